The summed E-state index contributed by atoms with van der Waals surface area (Å²) < 4.78 is 5.23. The number of nitrogens with two attached hydrogens (primary N) is 1. The van der Waals surface area contributed by atoms with Crippen LogP contribution < -0.4 is 16.4 Å². The summed E-state index contributed by atoms with van der Waals surface area (Å²) in [6.07, 6.45) is 1.59. The van der Waals surface area contributed by atoms with Crippen molar-refractivity contribution in [3.8, 4) is 0 Å². The van der Waals surface area contributed by atoms with Crippen LogP contribution in [0.1, 0.15) is 33.6 Å². The van der Waals surface area contributed by atoms with Gasteiger partial charge in [0.2, 0.25) is 11.8 Å². The Morgan fingerprint density at radius 2 is 1.85 bits per heavy atom. The number of carbonyl (C=O) groups is 2. The molecular formula is C13H26ClN3O3. The summed E-state index contributed by atoms with van der Waals surface area (Å²) in [7, 11) is 0. The van der Waals surface area contributed by atoms with Crippen molar-refractivity contribution < 1.29 is 14.3 Å². The van der Waals surface area contributed by atoms with Gasteiger partial charge in [-0.3, -0.25) is 9.59 Å². The fraction of sp³-hybridized carbons (Fsp3) is 0.846. The largest absolute Gasteiger partial charge is 0.381 e. The van der Waals surface area contributed by atoms with Gasteiger partial charge in [0.25, 0.3) is 0 Å². The first-order valence-electron chi connectivity index (χ1n) is 6.71. The molecule has 1 saturated heterocycles. The Kier molecular flexibility index (Phi) is 8.08. The van der Waals surface area contributed by atoms with Crippen molar-refractivity contribution in [2.75, 3.05) is 19.8 Å². The van der Waals surface area contributed by atoms with Crippen molar-refractivity contribution in [1.82, 2.24) is 10.6 Å². The van der Waals surface area contributed by atoms with Gasteiger partial charge < -0.3 is 21.1 Å². The van der Waals surface area contributed by atoms with E-state index in [9.17, 15) is 9.59 Å². The molecule has 0 saturated carbocycles. The SMILES string of the molecule is CC(C)(C)NC(=O)CNC(=O)C(N)C1CCOCC1.Cl. The molecule has 1 atom stereocenters. The number of nitrogens with one attached hydrogen (secondary N) is 2. The first-order chi connectivity index (χ1) is 8.79. The summed E-state index contributed by atoms with van der Waals surface area (Å²) in [5, 5.41) is 5.36. The van der Waals surface area contributed by atoms with E-state index >= 15 is 0 Å². The maximum Gasteiger partial charge on any atom is 0.239 e. The summed E-state index contributed by atoms with van der Waals surface area (Å²) in [5.41, 5.74) is 5.61. The van der Waals surface area contributed by atoms with Gasteiger partial charge in [0.15, 0.2) is 0 Å². The summed E-state index contributed by atoms with van der Waals surface area (Å²) in [6, 6.07) is -0.564. The minimum Gasteiger partial charge on any atom is -0.381 e. The van der Waals surface area contributed by atoms with Gasteiger partial charge in [-0.1, -0.05) is 0 Å². The Balaban J connectivity index is 0.00000361. The molecule has 0 bridgehead atoms. The van der Waals surface area contributed by atoms with Gasteiger partial charge in [-0.15, -0.1) is 12.4 Å². The quantitative estimate of drug-likeness (QED) is 0.691. The predicted octanol–water partition coefficient (Wildman–Crippen LogP) is 0.193. The molecule has 0 aromatic rings. The molecule has 0 spiro atoms. The highest BCUT2D eigenvalue weighted by molar-refractivity contribution is 5.87. The summed E-state index contributed by atoms with van der Waals surface area (Å²) in [4.78, 5) is 23.4. The Bertz CT molecular complexity index is 325. The Hall–Kier alpha value is -0.850. The Morgan fingerprint density at radius 1 is 1.30 bits per heavy atom. The van der Waals surface area contributed by atoms with Crippen LogP contribution in [0.25, 0.3) is 0 Å². The number of amides is 2. The second-order valence-electron chi connectivity index (χ2n) is 5.99. The van der Waals surface area contributed by atoms with E-state index in [2.05, 4.69) is 10.6 Å². The number of rotatable bonds is 4. The molecule has 0 radical (unpaired) electrons. The highest BCUT2D eigenvalue weighted by Gasteiger charge is 2.26. The standard InChI is InChI=1S/C13H25N3O3.ClH/c1-13(2,3)16-10(17)8-15-12(18)11(14)9-4-6-19-7-5-9;/h9,11H,4-8,14H2,1-3H3,(H,15,18)(H,16,17);1H. The number of halogens is 1. The molecule has 6 nitrogen and oxygen atoms in total. The van der Waals surface area contributed by atoms with Crippen molar-refractivity contribution in [2.24, 2.45) is 11.7 Å². The van der Waals surface area contributed by atoms with Crippen LogP contribution in [0, 0.1) is 5.92 Å². The number of hydrogen-bond acceptors (Lipinski definition) is 4. The average molecular weight is 308 g/mol. The molecule has 4 N–H and O–H groups in total. The molecular weight excluding hydrogens is 282 g/mol. The van der Waals surface area contributed by atoms with E-state index in [0.29, 0.717) is 13.2 Å². The van der Waals surface area contributed by atoms with Gasteiger partial charge in [-0.25, -0.2) is 0 Å². The number of hydrogen-bond donors (Lipinski definition) is 3. The zero-order valence-electron chi connectivity index (χ0n) is 12.4. The predicted molar refractivity (Wildman–Crippen MR) is 79.7 cm³/mol. The van der Waals surface area contributed by atoms with Gasteiger partial charge in [0.05, 0.1) is 12.6 Å². The average Bonchev–Trinajstić information content (AvgIpc) is 2.34. The van der Waals surface area contributed by atoms with Crippen LogP contribution >= 0.6 is 12.4 Å². The molecule has 2 amide bonds. The van der Waals surface area contributed by atoms with E-state index in [1.54, 1.807) is 0 Å². The highest BCUT2D eigenvalue weighted by atomic mass is 35.5. The lowest BCUT2D eigenvalue weighted by atomic mass is 9.92. The van der Waals surface area contributed by atoms with E-state index in [0.717, 1.165) is 12.8 Å². The van der Waals surface area contributed by atoms with Crippen molar-refractivity contribution in [2.45, 2.75) is 45.2 Å². The molecule has 0 aromatic carbocycles. The fourth-order valence-corrected chi connectivity index (χ4v) is 2.04. The van der Waals surface area contributed by atoms with Crippen molar-refractivity contribution >= 4 is 24.2 Å². The van der Waals surface area contributed by atoms with Crippen LogP contribution in [0.4, 0.5) is 0 Å². The van der Waals surface area contributed by atoms with Gasteiger partial charge in [-0.05, 0) is 39.5 Å². The van der Waals surface area contributed by atoms with Crippen molar-refractivity contribution in [1.29, 1.82) is 0 Å². The molecule has 1 unspecified atom stereocenters. The third-order valence-electron chi connectivity index (χ3n) is 3.01. The van der Waals surface area contributed by atoms with Crippen LogP contribution in [0.2, 0.25) is 0 Å². The fourth-order valence-electron chi connectivity index (χ4n) is 2.04. The lowest BCUT2D eigenvalue weighted by Crippen LogP contribution is -2.51. The Labute approximate surface area is 126 Å². The minimum atomic E-state index is -0.564. The van der Waals surface area contributed by atoms with Crippen LogP contribution in [-0.4, -0.2) is 43.2 Å². The highest BCUT2D eigenvalue weighted by Crippen LogP contribution is 2.17. The molecule has 1 aliphatic rings. The second-order valence-corrected chi connectivity index (χ2v) is 5.99. The molecule has 1 heterocycles. The van der Waals surface area contributed by atoms with Crippen molar-refractivity contribution in [3.05, 3.63) is 0 Å². The number of carbonyl (C=O) groups excluding carboxylic acids is 2. The smallest absolute Gasteiger partial charge is 0.239 e. The van der Waals surface area contributed by atoms with Crippen LogP contribution in [0.3, 0.4) is 0 Å². The molecule has 1 rings (SSSR count). The third-order valence-corrected chi connectivity index (χ3v) is 3.01. The first-order valence-corrected chi connectivity index (χ1v) is 6.71. The van der Waals surface area contributed by atoms with E-state index in [-0.39, 0.29) is 42.2 Å². The number of ether oxygens (including phenoxy) is 1. The Morgan fingerprint density at radius 3 is 2.35 bits per heavy atom. The normalized spacial score (nSPS) is 17.8. The zero-order chi connectivity index (χ0) is 14.5. The van der Waals surface area contributed by atoms with Gasteiger partial charge in [0.1, 0.15) is 0 Å². The van der Waals surface area contributed by atoms with Gasteiger partial charge >= 0.3 is 0 Å². The summed E-state index contributed by atoms with van der Waals surface area (Å²) >= 11 is 0. The first kappa shape index (κ1) is 19.1. The van der Waals surface area contributed by atoms with Gasteiger partial charge in [0, 0.05) is 18.8 Å². The topological polar surface area (TPSA) is 93.5 Å². The van der Waals surface area contributed by atoms with E-state index in [4.69, 9.17) is 10.5 Å². The monoisotopic (exact) mass is 307 g/mol. The van der Waals surface area contributed by atoms with E-state index in [1.807, 2.05) is 20.8 Å². The molecule has 0 aliphatic carbocycles. The van der Waals surface area contributed by atoms with Crippen LogP contribution in [-0.2, 0) is 14.3 Å². The summed E-state index contributed by atoms with van der Waals surface area (Å²) in [5.74, 6) is -0.338. The second kappa shape index (κ2) is 8.44. The molecule has 20 heavy (non-hydrogen) atoms. The minimum absolute atomic E-state index is 0. The van der Waals surface area contributed by atoms with Gasteiger partial charge in [-0.2, -0.15) is 0 Å². The lowest BCUT2D eigenvalue weighted by molar-refractivity contribution is -0.128. The lowest BCUT2D eigenvalue weighted by Gasteiger charge is -2.27. The molecule has 1 fully saturated rings. The molecule has 118 valence electrons. The van der Waals surface area contributed by atoms with Crippen LogP contribution in [0.5, 0.6) is 0 Å². The third kappa shape index (κ3) is 7.07. The van der Waals surface area contributed by atoms with E-state index in [1.165, 1.54) is 0 Å². The molecule has 1 aliphatic heterocycles. The zero-order valence-corrected chi connectivity index (χ0v) is 13.2. The van der Waals surface area contributed by atoms with Crippen LogP contribution in [0.15, 0.2) is 0 Å². The van der Waals surface area contributed by atoms with E-state index < -0.39 is 6.04 Å². The summed E-state index contributed by atoms with van der Waals surface area (Å²) in [6.45, 7) is 6.93. The maximum atomic E-state index is 11.9. The van der Waals surface area contributed by atoms with Crippen molar-refractivity contribution in [3.63, 3.8) is 0 Å². The maximum absolute atomic E-state index is 11.9. The molecule has 7 heteroatoms. The molecule has 0 aromatic heterocycles.